The predicted molar refractivity (Wildman–Crippen MR) is 83.2 cm³/mol. The van der Waals surface area contributed by atoms with Gasteiger partial charge in [-0.15, -0.1) is 0 Å². The van der Waals surface area contributed by atoms with E-state index in [1.54, 1.807) is 0 Å². The van der Waals surface area contributed by atoms with Crippen LogP contribution in [0.25, 0.3) is 10.9 Å². The molecule has 1 N–H and O–H groups in total. The van der Waals surface area contributed by atoms with Crippen molar-refractivity contribution in [3.05, 3.63) is 70.8 Å². The van der Waals surface area contributed by atoms with Gasteiger partial charge in [0.25, 0.3) is 0 Å². The molecule has 0 bridgehead atoms. The second-order valence-corrected chi connectivity index (χ2v) is 5.27. The molecule has 1 aromatic heterocycles. The molecule has 0 aliphatic rings. The first-order valence-corrected chi connectivity index (χ1v) is 6.94. The number of benzene rings is 2. The van der Waals surface area contributed by atoms with Gasteiger partial charge in [0.1, 0.15) is 0 Å². The number of pyridine rings is 1. The summed E-state index contributed by atoms with van der Waals surface area (Å²) in [4.78, 5) is 4.38. The average Bonchev–Trinajstić information content (AvgIpc) is 2.45. The minimum absolute atomic E-state index is 0.791. The Morgan fingerprint density at radius 3 is 2.79 bits per heavy atom. The lowest BCUT2D eigenvalue weighted by Gasteiger charge is -2.09. The highest BCUT2D eigenvalue weighted by molar-refractivity contribution is 9.10. The van der Waals surface area contributed by atoms with E-state index < -0.39 is 0 Å². The van der Waals surface area contributed by atoms with Gasteiger partial charge in [0.05, 0.1) is 5.52 Å². The molecule has 0 saturated carbocycles. The number of nitrogens with one attached hydrogen (secondary N) is 1. The predicted octanol–water partition coefficient (Wildman–Crippen LogP) is 4.61. The van der Waals surface area contributed by atoms with Crippen molar-refractivity contribution in [2.24, 2.45) is 0 Å². The molecule has 0 unspecified atom stereocenters. The van der Waals surface area contributed by atoms with Gasteiger partial charge in [-0.1, -0.05) is 40.2 Å². The number of rotatable bonds is 3. The van der Waals surface area contributed by atoms with Crippen LogP contribution in [-0.4, -0.2) is 4.98 Å². The van der Waals surface area contributed by atoms with E-state index in [4.69, 9.17) is 0 Å². The number of aromatic nitrogens is 1. The highest BCUT2D eigenvalue weighted by Gasteiger charge is 2.01. The summed E-state index contributed by atoms with van der Waals surface area (Å²) in [6, 6.07) is 18.5. The van der Waals surface area contributed by atoms with Crippen LogP contribution in [0.4, 0.5) is 5.69 Å². The minimum atomic E-state index is 0.791. The summed E-state index contributed by atoms with van der Waals surface area (Å²) >= 11 is 3.48. The van der Waals surface area contributed by atoms with Crippen LogP contribution in [0.5, 0.6) is 0 Å². The Bertz CT molecular complexity index is 704. The van der Waals surface area contributed by atoms with Crippen LogP contribution in [0.3, 0.4) is 0 Å². The highest BCUT2D eigenvalue weighted by Crippen LogP contribution is 2.19. The van der Waals surface area contributed by atoms with Crippen LogP contribution in [0.15, 0.2) is 65.3 Å². The number of hydrogen-bond acceptors (Lipinski definition) is 2. The summed E-state index contributed by atoms with van der Waals surface area (Å²) in [6.07, 6.45) is 1.86. The molecule has 2 aromatic carbocycles. The maximum Gasteiger partial charge on any atom is 0.0705 e. The second-order valence-electron chi connectivity index (χ2n) is 4.35. The topological polar surface area (TPSA) is 24.9 Å². The normalized spacial score (nSPS) is 10.6. The van der Waals surface area contributed by atoms with Gasteiger partial charge in [0.2, 0.25) is 0 Å². The molecule has 3 aromatic rings. The molecule has 0 saturated heterocycles. The van der Waals surface area contributed by atoms with Crippen molar-refractivity contribution in [3.63, 3.8) is 0 Å². The number of fused-ring (bicyclic) bond motifs is 1. The van der Waals surface area contributed by atoms with E-state index in [0.29, 0.717) is 0 Å². The number of halogens is 1. The Morgan fingerprint density at radius 1 is 1.00 bits per heavy atom. The minimum Gasteiger partial charge on any atom is -0.381 e. The molecule has 94 valence electrons. The molecular weight excluding hydrogens is 300 g/mol. The molecule has 19 heavy (non-hydrogen) atoms. The number of hydrogen-bond donors (Lipinski definition) is 1. The van der Waals surface area contributed by atoms with E-state index in [1.807, 2.05) is 36.5 Å². The molecule has 0 spiro atoms. The summed E-state index contributed by atoms with van der Waals surface area (Å²) in [7, 11) is 0. The SMILES string of the molecule is Brc1cccc(NCc2ccnc3ccccc23)c1. The van der Waals surface area contributed by atoms with Crippen LogP contribution in [0.2, 0.25) is 0 Å². The fourth-order valence-electron chi connectivity index (χ4n) is 2.10. The highest BCUT2D eigenvalue weighted by atomic mass is 79.9. The third-order valence-corrected chi connectivity index (χ3v) is 3.54. The fourth-order valence-corrected chi connectivity index (χ4v) is 2.50. The van der Waals surface area contributed by atoms with Gasteiger partial charge < -0.3 is 5.32 Å². The van der Waals surface area contributed by atoms with Crippen molar-refractivity contribution in [1.29, 1.82) is 0 Å². The third-order valence-electron chi connectivity index (χ3n) is 3.05. The van der Waals surface area contributed by atoms with Crippen molar-refractivity contribution in [2.75, 3.05) is 5.32 Å². The quantitative estimate of drug-likeness (QED) is 0.764. The molecule has 0 atom stereocenters. The Balaban J connectivity index is 1.86. The van der Waals surface area contributed by atoms with Crippen molar-refractivity contribution in [2.45, 2.75) is 6.54 Å². The van der Waals surface area contributed by atoms with Crippen molar-refractivity contribution < 1.29 is 0 Å². The first kappa shape index (κ1) is 12.2. The van der Waals surface area contributed by atoms with E-state index in [0.717, 1.165) is 22.2 Å². The van der Waals surface area contributed by atoms with Crippen molar-refractivity contribution in [1.82, 2.24) is 4.98 Å². The summed E-state index contributed by atoms with van der Waals surface area (Å²) in [5, 5.41) is 4.64. The van der Waals surface area contributed by atoms with Crippen LogP contribution in [-0.2, 0) is 6.54 Å². The van der Waals surface area contributed by atoms with E-state index in [-0.39, 0.29) is 0 Å². The Morgan fingerprint density at radius 2 is 1.89 bits per heavy atom. The lowest BCUT2D eigenvalue weighted by molar-refractivity contribution is 1.16. The van der Waals surface area contributed by atoms with E-state index >= 15 is 0 Å². The maximum absolute atomic E-state index is 4.38. The Hall–Kier alpha value is -1.87. The third kappa shape index (κ3) is 2.76. The zero-order chi connectivity index (χ0) is 13.1. The van der Waals surface area contributed by atoms with Crippen LogP contribution in [0.1, 0.15) is 5.56 Å². The summed E-state index contributed by atoms with van der Waals surface area (Å²) < 4.78 is 1.08. The summed E-state index contributed by atoms with van der Waals surface area (Å²) in [5.74, 6) is 0. The molecule has 0 amide bonds. The molecule has 0 aliphatic heterocycles. The van der Waals surface area contributed by atoms with Crippen LogP contribution in [0, 0.1) is 0 Å². The Kier molecular flexibility index (Phi) is 3.47. The fraction of sp³-hybridized carbons (Fsp3) is 0.0625. The van der Waals surface area contributed by atoms with Crippen molar-refractivity contribution >= 4 is 32.5 Å². The summed E-state index contributed by atoms with van der Waals surface area (Å²) in [5.41, 5.74) is 3.40. The standard InChI is InChI=1S/C16H13BrN2/c17-13-4-3-5-14(10-13)19-11-12-8-9-18-16-7-2-1-6-15(12)16/h1-10,19H,11H2. The zero-order valence-electron chi connectivity index (χ0n) is 10.3. The molecule has 3 rings (SSSR count). The van der Waals surface area contributed by atoms with E-state index in [1.165, 1.54) is 10.9 Å². The van der Waals surface area contributed by atoms with Crippen LogP contribution >= 0.6 is 15.9 Å². The lowest BCUT2D eigenvalue weighted by Crippen LogP contribution is -2.00. The molecule has 0 aliphatic carbocycles. The van der Waals surface area contributed by atoms with E-state index in [2.05, 4.69) is 50.5 Å². The number of para-hydroxylation sites is 1. The maximum atomic E-state index is 4.38. The smallest absolute Gasteiger partial charge is 0.0705 e. The van der Waals surface area contributed by atoms with Gasteiger partial charge >= 0.3 is 0 Å². The molecule has 2 nitrogen and oxygen atoms in total. The number of nitrogens with zero attached hydrogens (tertiary/aromatic N) is 1. The molecular formula is C16H13BrN2. The molecule has 1 heterocycles. The zero-order valence-corrected chi connectivity index (χ0v) is 11.9. The van der Waals surface area contributed by atoms with Gasteiger partial charge in [0.15, 0.2) is 0 Å². The lowest BCUT2D eigenvalue weighted by atomic mass is 10.1. The van der Waals surface area contributed by atoms with Crippen molar-refractivity contribution in [3.8, 4) is 0 Å². The summed E-state index contributed by atoms with van der Waals surface area (Å²) in [6.45, 7) is 0.791. The molecule has 0 radical (unpaired) electrons. The average molecular weight is 313 g/mol. The molecule has 0 fully saturated rings. The van der Waals surface area contributed by atoms with Gasteiger partial charge in [-0.05, 0) is 35.9 Å². The van der Waals surface area contributed by atoms with Gasteiger partial charge in [-0.25, -0.2) is 0 Å². The number of anilines is 1. The second kappa shape index (κ2) is 5.41. The van der Waals surface area contributed by atoms with Gasteiger partial charge in [-0.3, -0.25) is 4.98 Å². The molecule has 3 heteroatoms. The first-order valence-electron chi connectivity index (χ1n) is 6.15. The van der Waals surface area contributed by atoms with Gasteiger partial charge in [0, 0.05) is 28.3 Å². The van der Waals surface area contributed by atoms with E-state index in [9.17, 15) is 0 Å². The Labute approximate surface area is 120 Å². The monoisotopic (exact) mass is 312 g/mol. The largest absolute Gasteiger partial charge is 0.381 e. The first-order chi connectivity index (χ1) is 9.33. The van der Waals surface area contributed by atoms with Gasteiger partial charge in [-0.2, -0.15) is 0 Å². The van der Waals surface area contributed by atoms with Crippen LogP contribution < -0.4 is 5.32 Å².